The molecule has 1 aromatic rings. The second kappa shape index (κ2) is 7.85. The lowest BCUT2D eigenvalue weighted by molar-refractivity contribution is -0.148. The molecular formula is C19H21F2NO4. The van der Waals surface area contributed by atoms with E-state index in [9.17, 15) is 23.5 Å². The Hall–Kier alpha value is -2.44. The fourth-order valence-corrected chi connectivity index (χ4v) is 3.64. The SMILES string of the molecule is O=C(O)[C@H](CC1CCCCC1)N1CC(Oc2cccc(F)c2F)=CC1=O. The molecule has 0 bridgehead atoms. The number of carboxylic acids is 1. The minimum Gasteiger partial charge on any atom is -0.480 e. The summed E-state index contributed by atoms with van der Waals surface area (Å²) in [7, 11) is 0. The van der Waals surface area contributed by atoms with Gasteiger partial charge in [0.2, 0.25) is 5.82 Å². The zero-order valence-corrected chi connectivity index (χ0v) is 14.3. The molecule has 1 saturated carbocycles. The van der Waals surface area contributed by atoms with Crippen molar-refractivity contribution in [1.29, 1.82) is 0 Å². The van der Waals surface area contributed by atoms with Gasteiger partial charge in [0.1, 0.15) is 11.8 Å². The van der Waals surface area contributed by atoms with Crippen LogP contribution in [0.25, 0.3) is 0 Å². The number of aliphatic carboxylic acids is 1. The van der Waals surface area contributed by atoms with Crippen LogP contribution in [0.15, 0.2) is 30.0 Å². The van der Waals surface area contributed by atoms with Crippen LogP contribution in [-0.4, -0.2) is 34.5 Å². The van der Waals surface area contributed by atoms with Gasteiger partial charge in [0.15, 0.2) is 11.6 Å². The van der Waals surface area contributed by atoms with Crippen molar-refractivity contribution in [1.82, 2.24) is 4.90 Å². The molecule has 1 fully saturated rings. The van der Waals surface area contributed by atoms with E-state index in [-0.39, 0.29) is 24.0 Å². The summed E-state index contributed by atoms with van der Waals surface area (Å²) in [5.74, 6) is -3.68. The fourth-order valence-electron chi connectivity index (χ4n) is 3.64. The normalized spacial score (nSPS) is 19.4. The smallest absolute Gasteiger partial charge is 0.326 e. The van der Waals surface area contributed by atoms with Gasteiger partial charge in [0.25, 0.3) is 5.91 Å². The Labute approximate surface area is 150 Å². The van der Waals surface area contributed by atoms with E-state index >= 15 is 0 Å². The van der Waals surface area contributed by atoms with Gasteiger partial charge < -0.3 is 14.7 Å². The molecule has 2 aliphatic rings. The molecule has 0 spiro atoms. The van der Waals surface area contributed by atoms with Gasteiger partial charge in [-0.25, -0.2) is 9.18 Å². The molecule has 1 heterocycles. The fraction of sp³-hybridized carbons (Fsp3) is 0.474. The van der Waals surface area contributed by atoms with E-state index in [0.29, 0.717) is 6.42 Å². The first kappa shape index (κ1) is 18.4. The quantitative estimate of drug-likeness (QED) is 0.838. The van der Waals surface area contributed by atoms with Gasteiger partial charge in [-0.1, -0.05) is 38.2 Å². The number of carboxylic acid groups (broad SMARTS) is 1. The zero-order chi connectivity index (χ0) is 18.7. The number of halogens is 2. The van der Waals surface area contributed by atoms with Crippen molar-refractivity contribution in [2.75, 3.05) is 6.54 Å². The molecule has 7 heteroatoms. The van der Waals surface area contributed by atoms with Crippen LogP contribution in [0, 0.1) is 17.6 Å². The van der Waals surface area contributed by atoms with Crippen molar-refractivity contribution in [3.63, 3.8) is 0 Å². The topological polar surface area (TPSA) is 66.8 Å². The van der Waals surface area contributed by atoms with Crippen molar-refractivity contribution in [2.45, 2.75) is 44.6 Å². The van der Waals surface area contributed by atoms with Crippen LogP contribution in [0.5, 0.6) is 5.75 Å². The molecule has 1 aliphatic carbocycles. The highest BCUT2D eigenvalue weighted by molar-refractivity contribution is 5.94. The molecule has 5 nitrogen and oxygen atoms in total. The lowest BCUT2D eigenvalue weighted by Gasteiger charge is -2.30. The summed E-state index contributed by atoms with van der Waals surface area (Å²) in [6, 6.07) is 2.57. The predicted octanol–water partition coefficient (Wildman–Crippen LogP) is 3.49. The number of hydrogen-bond donors (Lipinski definition) is 1. The van der Waals surface area contributed by atoms with Crippen LogP contribution in [-0.2, 0) is 9.59 Å². The van der Waals surface area contributed by atoms with Crippen molar-refractivity contribution in [3.05, 3.63) is 41.7 Å². The van der Waals surface area contributed by atoms with Crippen LogP contribution in [0.1, 0.15) is 38.5 Å². The second-order valence-corrected chi connectivity index (χ2v) is 6.82. The summed E-state index contributed by atoms with van der Waals surface area (Å²) < 4.78 is 32.3. The Morgan fingerprint density at radius 3 is 2.69 bits per heavy atom. The lowest BCUT2D eigenvalue weighted by Crippen LogP contribution is -2.44. The highest BCUT2D eigenvalue weighted by Gasteiger charge is 2.36. The molecule has 0 unspecified atom stereocenters. The van der Waals surface area contributed by atoms with Crippen LogP contribution >= 0.6 is 0 Å². The van der Waals surface area contributed by atoms with Gasteiger partial charge >= 0.3 is 5.97 Å². The van der Waals surface area contributed by atoms with E-state index in [1.807, 2.05) is 0 Å². The highest BCUT2D eigenvalue weighted by atomic mass is 19.2. The third kappa shape index (κ3) is 4.03. The Bertz CT molecular complexity index is 728. The molecule has 3 rings (SSSR count). The number of rotatable bonds is 6. The number of benzene rings is 1. The number of amides is 1. The monoisotopic (exact) mass is 365 g/mol. The van der Waals surface area contributed by atoms with Gasteiger partial charge in [-0.2, -0.15) is 4.39 Å². The van der Waals surface area contributed by atoms with Crippen molar-refractivity contribution >= 4 is 11.9 Å². The van der Waals surface area contributed by atoms with E-state index in [1.54, 1.807) is 0 Å². The third-order valence-electron chi connectivity index (χ3n) is 4.99. The summed E-state index contributed by atoms with van der Waals surface area (Å²) in [5, 5.41) is 9.57. The van der Waals surface area contributed by atoms with Gasteiger partial charge in [0.05, 0.1) is 6.54 Å². The average Bonchev–Trinajstić information content (AvgIpc) is 2.97. The predicted molar refractivity (Wildman–Crippen MR) is 89.4 cm³/mol. The van der Waals surface area contributed by atoms with E-state index < -0.39 is 29.6 Å². The Morgan fingerprint density at radius 1 is 1.27 bits per heavy atom. The molecule has 0 radical (unpaired) electrons. The third-order valence-corrected chi connectivity index (χ3v) is 4.99. The molecule has 1 aliphatic heterocycles. The molecule has 140 valence electrons. The Morgan fingerprint density at radius 2 is 2.00 bits per heavy atom. The molecule has 1 N–H and O–H groups in total. The first-order chi connectivity index (χ1) is 12.5. The first-order valence-electron chi connectivity index (χ1n) is 8.81. The molecule has 0 saturated heterocycles. The van der Waals surface area contributed by atoms with E-state index in [2.05, 4.69) is 0 Å². The largest absolute Gasteiger partial charge is 0.480 e. The zero-order valence-electron chi connectivity index (χ0n) is 14.3. The van der Waals surface area contributed by atoms with Gasteiger partial charge in [-0.15, -0.1) is 0 Å². The summed E-state index contributed by atoms with van der Waals surface area (Å²) in [4.78, 5) is 25.2. The number of carbonyl (C=O) groups is 2. The number of hydrogen-bond acceptors (Lipinski definition) is 3. The van der Waals surface area contributed by atoms with Crippen LogP contribution in [0.3, 0.4) is 0 Å². The Balaban J connectivity index is 1.68. The highest BCUT2D eigenvalue weighted by Crippen LogP contribution is 2.30. The van der Waals surface area contributed by atoms with Crippen molar-refractivity contribution in [2.24, 2.45) is 5.92 Å². The van der Waals surface area contributed by atoms with Gasteiger partial charge in [0, 0.05) is 6.08 Å². The van der Waals surface area contributed by atoms with Crippen LogP contribution in [0.4, 0.5) is 8.78 Å². The maximum atomic E-state index is 13.7. The molecule has 1 amide bonds. The van der Waals surface area contributed by atoms with Crippen LogP contribution < -0.4 is 4.74 Å². The maximum absolute atomic E-state index is 13.7. The van der Waals surface area contributed by atoms with Crippen molar-refractivity contribution in [3.8, 4) is 5.75 Å². The van der Waals surface area contributed by atoms with Crippen molar-refractivity contribution < 1.29 is 28.2 Å². The molecule has 26 heavy (non-hydrogen) atoms. The summed E-state index contributed by atoms with van der Waals surface area (Å²) in [6.07, 6.45) is 6.80. The summed E-state index contributed by atoms with van der Waals surface area (Å²) in [6.45, 7) is -0.0710. The van der Waals surface area contributed by atoms with Gasteiger partial charge in [-0.3, -0.25) is 4.79 Å². The Kier molecular flexibility index (Phi) is 5.54. The van der Waals surface area contributed by atoms with Crippen LogP contribution in [0.2, 0.25) is 0 Å². The van der Waals surface area contributed by atoms with Gasteiger partial charge in [-0.05, 0) is 24.5 Å². The summed E-state index contributed by atoms with van der Waals surface area (Å²) in [5.41, 5.74) is 0. The second-order valence-electron chi connectivity index (χ2n) is 6.82. The standard InChI is InChI=1S/C19H21F2NO4/c20-14-7-4-8-16(18(14)21)26-13-10-17(23)22(11-13)15(19(24)25)9-12-5-2-1-3-6-12/h4,7-8,10,12,15H,1-3,5-6,9,11H2,(H,24,25)/t15-/m0/s1. The van der Waals surface area contributed by atoms with E-state index in [0.717, 1.165) is 44.2 Å². The summed E-state index contributed by atoms with van der Waals surface area (Å²) >= 11 is 0. The molecule has 0 aromatic heterocycles. The molecule has 1 aromatic carbocycles. The first-order valence-corrected chi connectivity index (χ1v) is 8.81. The lowest BCUT2D eigenvalue weighted by atomic mass is 9.84. The minimum absolute atomic E-state index is 0.0710. The maximum Gasteiger partial charge on any atom is 0.326 e. The van der Waals surface area contributed by atoms with E-state index in [1.165, 1.54) is 17.0 Å². The van der Waals surface area contributed by atoms with E-state index in [4.69, 9.17) is 4.74 Å². The molecular weight excluding hydrogens is 344 g/mol. The average molecular weight is 365 g/mol. The number of nitrogens with zero attached hydrogens (tertiary/aromatic N) is 1. The molecule has 1 atom stereocenters. The number of carbonyl (C=O) groups excluding carboxylic acids is 1. The number of ether oxygens (including phenoxy) is 1. The minimum atomic E-state index is -1.14.